The topological polar surface area (TPSA) is 59.1 Å². The molecule has 1 aliphatic rings. The molecule has 0 aliphatic heterocycles. The number of pyridine rings is 1. The fraction of sp³-hybridized carbons (Fsp3) is 0.375. The minimum atomic E-state index is -3.19. The summed E-state index contributed by atoms with van der Waals surface area (Å²) in [4.78, 5) is 3.76. The van der Waals surface area contributed by atoms with Gasteiger partial charge in [0.2, 0.25) is 10.0 Å². The molecule has 1 fully saturated rings. The van der Waals surface area contributed by atoms with Crippen LogP contribution in [0.3, 0.4) is 0 Å². The van der Waals surface area contributed by atoms with E-state index < -0.39 is 10.0 Å². The smallest absolute Gasteiger partial charge is 0.235 e. The molecule has 0 amide bonds. The Kier molecular flexibility index (Phi) is 2.36. The van der Waals surface area contributed by atoms with Crippen molar-refractivity contribution >= 4 is 27.3 Å². The molecule has 1 saturated carbocycles. The van der Waals surface area contributed by atoms with E-state index in [1.165, 1.54) is 12.3 Å². The highest BCUT2D eigenvalue weighted by Crippen LogP contribution is 2.29. The first kappa shape index (κ1) is 9.73. The number of hydrogen-bond acceptors (Lipinski definition) is 3. The van der Waals surface area contributed by atoms with Crippen molar-refractivity contribution in [3.05, 3.63) is 23.5 Å². The van der Waals surface area contributed by atoms with Crippen LogP contribution >= 0.6 is 11.6 Å². The second-order valence-electron chi connectivity index (χ2n) is 3.21. The van der Waals surface area contributed by atoms with Crippen LogP contribution < -0.4 is 4.72 Å². The highest BCUT2D eigenvalue weighted by Gasteiger charge is 2.35. The van der Waals surface area contributed by atoms with Gasteiger partial charge in [0.05, 0.1) is 10.9 Å². The van der Waals surface area contributed by atoms with Gasteiger partial charge in [0, 0.05) is 6.20 Å². The van der Waals surface area contributed by atoms with Crippen molar-refractivity contribution in [3.8, 4) is 0 Å². The molecular weight excluding hydrogens is 224 g/mol. The third-order valence-electron chi connectivity index (χ3n) is 1.95. The lowest BCUT2D eigenvalue weighted by atomic mass is 10.4. The van der Waals surface area contributed by atoms with E-state index in [-0.39, 0.29) is 10.4 Å². The van der Waals surface area contributed by atoms with Gasteiger partial charge in [-0.05, 0) is 25.0 Å². The van der Waals surface area contributed by atoms with E-state index in [4.69, 9.17) is 11.6 Å². The van der Waals surface area contributed by atoms with E-state index in [1.54, 1.807) is 6.07 Å². The molecular formula is C8H9ClN2O2S. The van der Waals surface area contributed by atoms with Crippen LogP contribution in [0, 0.1) is 0 Å². The maximum absolute atomic E-state index is 11.5. The molecule has 14 heavy (non-hydrogen) atoms. The van der Waals surface area contributed by atoms with Crippen LogP contribution in [0.15, 0.2) is 18.3 Å². The van der Waals surface area contributed by atoms with Crippen LogP contribution in [0.25, 0.3) is 0 Å². The van der Waals surface area contributed by atoms with Crippen LogP contribution in [0.4, 0.5) is 5.69 Å². The van der Waals surface area contributed by atoms with E-state index in [0.717, 1.165) is 12.8 Å². The maximum Gasteiger partial charge on any atom is 0.235 e. The average Bonchev–Trinajstić information content (AvgIpc) is 2.84. The summed E-state index contributed by atoms with van der Waals surface area (Å²) < 4.78 is 25.5. The molecule has 0 saturated heterocycles. The van der Waals surface area contributed by atoms with Gasteiger partial charge in [0.1, 0.15) is 5.15 Å². The number of aromatic nitrogens is 1. The highest BCUT2D eigenvalue weighted by molar-refractivity contribution is 7.93. The molecule has 1 heterocycles. The molecule has 0 spiro atoms. The van der Waals surface area contributed by atoms with Gasteiger partial charge in [0.15, 0.2) is 0 Å². The predicted molar refractivity (Wildman–Crippen MR) is 54.8 cm³/mol. The molecule has 0 unspecified atom stereocenters. The number of nitrogens with zero attached hydrogens (tertiary/aromatic N) is 1. The minimum absolute atomic E-state index is 0.227. The summed E-state index contributed by atoms with van der Waals surface area (Å²) in [5.74, 6) is 0. The van der Waals surface area contributed by atoms with Crippen molar-refractivity contribution < 1.29 is 8.42 Å². The molecule has 0 aromatic carbocycles. The van der Waals surface area contributed by atoms with E-state index in [1.807, 2.05) is 0 Å². The predicted octanol–water partition coefficient (Wildman–Crippen LogP) is 1.64. The van der Waals surface area contributed by atoms with Crippen molar-refractivity contribution in [2.45, 2.75) is 18.1 Å². The molecule has 0 atom stereocenters. The zero-order chi connectivity index (χ0) is 10.2. The molecule has 1 aliphatic carbocycles. The summed E-state index contributed by atoms with van der Waals surface area (Å²) in [5, 5.41) is 0.0513. The van der Waals surface area contributed by atoms with Gasteiger partial charge in [-0.2, -0.15) is 0 Å². The number of sulfonamides is 1. The van der Waals surface area contributed by atoms with Crippen LogP contribution in [-0.2, 0) is 10.0 Å². The largest absolute Gasteiger partial charge is 0.283 e. The van der Waals surface area contributed by atoms with Crippen molar-refractivity contribution in [2.24, 2.45) is 0 Å². The quantitative estimate of drug-likeness (QED) is 0.806. The number of nitrogens with one attached hydrogen (secondary N) is 1. The Morgan fingerprint density at radius 3 is 2.79 bits per heavy atom. The third kappa shape index (κ3) is 2.16. The summed E-state index contributed by atoms with van der Waals surface area (Å²) in [7, 11) is -3.19. The zero-order valence-corrected chi connectivity index (χ0v) is 8.85. The Hall–Kier alpha value is -0.810. The fourth-order valence-corrected chi connectivity index (χ4v) is 2.64. The second-order valence-corrected chi connectivity index (χ2v) is 5.56. The van der Waals surface area contributed by atoms with E-state index >= 15 is 0 Å². The van der Waals surface area contributed by atoms with Crippen molar-refractivity contribution in [1.82, 2.24) is 4.98 Å². The second kappa shape index (κ2) is 3.40. The molecule has 0 bridgehead atoms. The lowest BCUT2D eigenvalue weighted by Gasteiger charge is -2.05. The lowest BCUT2D eigenvalue weighted by molar-refractivity contribution is 0.600. The summed E-state index contributed by atoms with van der Waals surface area (Å²) >= 11 is 5.62. The Morgan fingerprint density at radius 1 is 1.50 bits per heavy atom. The summed E-state index contributed by atoms with van der Waals surface area (Å²) in [6.45, 7) is 0. The lowest BCUT2D eigenvalue weighted by Crippen LogP contribution is -2.17. The maximum atomic E-state index is 11.5. The summed E-state index contributed by atoms with van der Waals surface area (Å²) in [6.07, 6.45) is 2.95. The Balaban J connectivity index is 2.18. The Morgan fingerprint density at radius 2 is 2.21 bits per heavy atom. The van der Waals surface area contributed by atoms with Gasteiger partial charge in [-0.3, -0.25) is 4.72 Å². The zero-order valence-electron chi connectivity index (χ0n) is 7.27. The molecule has 1 N–H and O–H groups in total. The molecule has 76 valence electrons. The summed E-state index contributed by atoms with van der Waals surface area (Å²) in [5.41, 5.74) is 0.469. The number of rotatable bonds is 3. The molecule has 0 radical (unpaired) electrons. The van der Waals surface area contributed by atoms with E-state index in [0.29, 0.717) is 5.69 Å². The van der Waals surface area contributed by atoms with Gasteiger partial charge in [-0.25, -0.2) is 13.4 Å². The molecule has 2 rings (SSSR count). The van der Waals surface area contributed by atoms with Crippen LogP contribution in [0.1, 0.15) is 12.8 Å². The van der Waals surface area contributed by atoms with Crippen LogP contribution in [0.2, 0.25) is 5.15 Å². The van der Waals surface area contributed by atoms with Crippen LogP contribution in [-0.4, -0.2) is 18.7 Å². The van der Waals surface area contributed by atoms with Gasteiger partial charge < -0.3 is 0 Å². The molecule has 4 nitrogen and oxygen atoms in total. The number of anilines is 1. The monoisotopic (exact) mass is 232 g/mol. The first-order valence-corrected chi connectivity index (χ1v) is 6.13. The SMILES string of the molecule is O=S(=O)(Nc1ccnc(Cl)c1)C1CC1. The first-order chi connectivity index (χ1) is 6.58. The number of hydrogen-bond donors (Lipinski definition) is 1. The third-order valence-corrected chi connectivity index (χ3v) is 4.03. The van der Waals surface area contributed by atoms with Crippen molar-refractivity contribution in [3.63, 3.8) is 0 Å². The molecule has 1 aromatic rings. The van der Waals surface area contributed by atoms with E-state index in [9.17, 15) is 8.42 Å². The summed E-state index contributed by atoms with van der Waals surface area (Å²) in [6, 6.07) is 3.06. The average molecular weight is 233 g/mol. The van der Waals surface area contributed by atoms with Crippen molar-refractivity contribution in [1.29, 1.82) is 0 Å². The van der Waals surface area contributed by atoms with Crippen LogP contribution in [0.5, 0.6) is 0 Å². The Bertz CT molecular complexity index is 442. The van der Waals surface area contributed by atoms with E-state index in [2.05, 4.69) is 9.71 Å². The van der Waals surface area contributed by atoms with Gasteiger partial charge in [-0.15, -0.1) is 0 Å². The van der Waals surface area contributed by atoms with Gasteiger partial charge in [0.25, 0.3) is 0 Å². The normalized spacial score (nSPS) is 16.6. The minimum Gasteiger partial charge on any atom is -0.283 e. The standard InChI is InChI=1S/C8H9ClN2O2S/c9-8-5-6(3-4-10-8)11-14(12,13)7-1-2-7/h3-5,7H,1-2H2,(H,10,11). The van der Waals surface area contributed by atoms with Gasteiger partial charge >= 0.3 is 0 Å². The number of halogens is 1. The van der Waals surface area contributed by atoms with Crippen molar-refractivity contribution in [2.75, 3.05) is 4.72 Å². The van der Waals surface area contributed by atoms with Gasteiger partial charge in [-0.1, -0.05) is 11.6 Å². The molecule has 6 heteroatoms. The fourth-order valence-electron chi connectivity index (χ4n) is 1.09. The highest BCUT2D eigenvalue weighted by atomic mass is 35.5. The Labute approximate surface area is 87.4 Å². The molecule has 1 aromatic heterocycles. The first-order valence-electron chi connectivity index (χ1n) is 4.21.